The highest BCUT2D eigenvalue weighted by Gasteiger charge is 2.04. The van der Waals surface area contributed by atoms with Crippen molar-refractivity contribution in [1.82, 2.24) is 10.3 Å². The van der Waals surface area contributed by atoms with Crippen molar-refractivity contribution in [2.24, 2.45) is 0 Å². The molecule has 3 rings (SSSR count). The van der Waals surface area contributed by atoms with Crippen LogP contribution in [0.15, 0.2) is 54.7 Å². The highest BCUT2D eigenvalue weighted by Crippen LogP contribution is 2.17. The van der Waals surface area contributed by atoms with Crippen LogP contribution in [0.3, 0.4) is 0 Å². The number of aromatic nitrogens is 1. The summed E-state index contributed by atoms with van der Waals surface area (Å²) >= 11 is 0. The van der Waals surface area contributed by atoms with Gasteiger partial charge in [0.15, 0.2) is 0 Å². The molecule has 0 spiro atoms. The molecular weight excluding hydrogens is 298 g/mol. The van der Waals surface area contributed by atoms with Gasteiger partial charge in [0.25, 0.3) is 0 Å². The third kappa shape index (κ3) is 4.16. The van der Waals surface area contributed by atoms with Gasteiger partial charge in [-0.25, -0.2) is 0 Å². The summed E-state index contributed by atoms with van der Waals surface area (Å²) in [6.45, 7) is 3.36. The average Bonchev–Trinajstić information content (AvgIpc) is 3.00. The summed E-state index contributed by atoms with van der Waals surface area (Å²) in [7, 11) is 0. The summed E-state index contributed by atoms with van der Waals surface area (Å²) in [6.07, 6.45) is 3.33. The van der Waals surface area contributed by atoms with Crippen LogP contribution in [-0.4, -0.2) is 24.0 Å². The van der Waals surface area contributed by atoms with Crippen LogP contribution in [0.25, 0.3) is 10.9 Å². The van der Waals surface area contributed by atoms with E-state index in [1.165, 1.54) is 16.5 Å². The van der Waals surface area contributed by atoms with E-state index in [4.69, 9.17) is 0 Å². The Bertz CT molecular complexity index is 805. The lowest BCUT2D eigenvalue weighted by Crippen LogP contribution is -2.27. The first-order valence-corrected chi connectivity index (χ1v) is 8.34. The predicted octanol–water partition coefficient (Wildman–Crippen LogP) is 3.64. The quantitative estimate of drug-likeness (QED) is 0.622. The van der Waals surface area contributed by atoms with Crippen molar-refractivity contribution in [3.8, 4) is 0 Å². The maximum atomic E-state index is 11.9. The number of para-hydroxylation sites is 1. The Hall–Kier alpha value is -2.75. The van der Waals surface area contributed by atoms with E-state index in [9.17, 15) is 4.79 Å². The van der Waals surface area contributed by atoms with Gasteiger partial charge in [0.1, 0.15) is 0 Å². The van der Waals surface area contributed by atoms with Gasteiger partial charge < -0.3 is 15.6 Å². The van der Waals surface area contributed by atoms with Gasteiger partial charge in [-0.2, -0.15) is 0 Å². The number of fused-ring (bicyclic) bond motifs is 1. The zero-order valence-corrected chi connectivity index (χ0v) is 13.9. The molecule has 0 aliphatic heterocycles. The lowest BCUT2D eigenvalue weighted by Gasteiger charge is -2.07. The van der Waals surface area contributed by atoms with Crippen LogP contribution in [0.4, 0.5) is 5.69 Å². The molecule has 0 unspecified atom stereocenters. The summed E-state index contributed by atoms with van der Waals surface area (Å²) in [5, 5.41) is 7.48. The molecule has 2 aromatic carbocycles. The zero-order valence-electron chi connectivity index (χ0n) is 13.9. The van der Waals surface area contributed by atoms with Crippen LogP contribution in [-0.2, 0) is 11.2 Å². The van der Waals surface area contributed by atoms with Crippen molar-refractivity contribution in [2.45, 2.75) is 19.8 Å². The van der Waals surface area contributed by atoms with E-state index in [0.717, 1.165) is 17.6 Å². The number of benzene rings is 2. The number of hydrogen-bond donors (Lipinski definition) is 3. The molecule has 0 saturated carbocycles. The summed E-state index contributed by atoms with van der Waals surface area (Å²) in [5.41, 5.74) is 4.66. The van der Waals surface area contributed by atoms with Gasteiger partial charge in [-0.1, -0.05) is 35.9 Å². The van der Waals surface area contributed by atoms with E-state index in [1.54, 1.807) is 0 Å². The van der Waals surface area contributed by atoms with E-state index in [1.807, 2.05) is 30.5 Å². The number of rotatable bonds is 7. The minimum atomic E-state index is 0.0782. The number of H-pyrrole nitrogens is 1. The zero-order chi connectivity index (χ0) is 16.8. The Balaban J connectivity index is 1.39. The van der Waals surface area contributed by atoms with E-state index in [2.05, 4.69) is 46.8 Å². The van der Waals surface area contributed by atoms with E-state index in [0.29, 0.717) is 19.5 Å². The topological polar surface area (TPSA) is 56.9 Å². The molecule has 3 aromatic rings. The lowest BCUT2D eigenvalue weighted by atomic mass is 10.1. The van der Waals surface area contributed by atoms with Crippen LogP contribution < -0.4 is 10.6 Å². The average molecular weight is 321 g/mol. The molecule has 3 N–H and O–H groups in total. The van der Waals surface area contributed by atoms with Gasteiger partial charge in [-0.3, -0.25) is 4.79 Å². The molecule has 0 atom stereocenters. The predicted molar refractivity (Wildman–Crippen MR) is 99.3 cm³/mol. The fourth-order valence-electron chi connectivity index (χ4n) is 2.76. The van der Waals surface area contributed by atoms with Crippen molar-refractivity contribution in [3.05, 3.63) is 65.9 Å². The van der Waals surface area contributed by atoms with Gasteiger partial charge in [-0.15, -0.1) is 0 Å². The van der Waals surface area contributed by atoms with Crippen LogP contribution in [0.1, 0.15) is 17.5 Å². The highest BCUT2D eigenvalue weighted by molar-refractivity contribution is 5.83. The number of hydrogen-bond acceptors (Lipinski definition) is 2. The minimum absolute atomic E-state index is 0.0782. The van der Waals surface area contributed by atoms with Gasteiger partial charge in [0, 0.05) is 42.3 Å². The van der Waals surface area contributed by atoms with E-state index >= 15 is 0 Å². The smallest absolute Gasteiger partial charge is 0.221 e. The summed E-state index contributed by atoms with van der Waals surface area (Å²) in [6, 6.07) is 16.4. The fourth-order valence-corrected chi connectivity index (χ4v) is 2.76. The van der Waals surface area contributed by atoms with Crippen LogP contribution in [0, 0.1) is 6.92 Å². The molecule has 0 aliphatic carbocycles. The van der Waals surface area contributed by atoms with Crippen molar-refractivity contribution < 1.29 is 4.79 Å². The summed E-state index contributed by atoms with van der Waals surface area (Å²) in [4.78, 5) is 15.2. The SMILES string of the molecule is Cc1ccc(NCCC(=O)NCCc2c[nH]c3ccccc23)cc1. The van der Waals surface area contributed by atoms with Gasteiger partial charge in [-0.05, 0) is 37.1 Å². The highest BCUT2D eigenvalue weighted by atomic mass is 16.1. The van der Waals surface area contributed by atoms with E-state index in [-0.39, 0.29) is 5.91 Å². The van der Waals surface area contributed by atoms with Crippen molar-refractivity contribution in [3.63, 3.8) is 0 Å². The maximum Gasteiger partial charge on any atom is 0.221 e. The lowest BCUT2D eigenvalue weighted by molar-refractivity contribution is -0.120. The summed E-state index contributed by atoms with van der Waals surface area (Å²) in [5.74, 6) is 0.0782. The fraction of sp³-hybridized carbons (Fsp3) is 0.250. The largest absolute Gasteiger partial charge is 0.385 e. The molecule has 24 heavy (non-hydrogen) atoms. The minimum Gasteiger partial charge on any atom is -0.385 e. The Morgan fingerprint density at radius 2 is 1.83 bits per heavy atom. The first-order valence-electron chi connectivity index (χ1n) is 8.34. The second-order valence-electron chi connectivity index (χ2n) is 6.00. The molecule has 1 amide bonds. The monoisotopic (exact) mass is 321 g/mol. The molecule has 0 radical (unpaired) electrons. The molecule has 124 valence electrons. The van der Waals surface area contributed by atoms with Crippen molar-refractivity contribution in [1.29, 1.82) is 0 Å². The first-order chi connectivity index (χ1) is 11.7. The Morgan fingerprint density at radius 1 is 1.04 bits per heavy atom. The number of carbonyl (C=O) groups excluding carboxylic acids is 1. The molecule has 0 saturated heterocycles. The van der Waals surface area contributed by atoms with E-state index < -0.39 is 0 Å². The third-order valence-electron chi connectivity index (χ3n) is 4.12. The van der Waals surface area contributed by atoms with Crippen LogP contribution in [0.5, 0.6) is 0 Å². The van der Waals surface area contributed by atoms with Crippen LogP contribution >= 0.6 is 0 Å². The molecule has 0 bridgehead atoms. The number of aryl methyl sites for hydroxylation is 1. The number of nitrogens with one attached hydrogen (secondary N) is 3. The second-order valence-corrected chi connectivity index (χ2v) is 6.00. The molecular formula is C20H23N3O. The number of anilines is 1. The first kappa shape index (κ1) is 16.1. The van der Waals surface area contributed by atoms with Crippen molar-refractivity contribution in [2.75, 3.05) is 18.4 Å². The van der Waals surface area contributed by atoms with Crippen LogP contribution in [0.2, 0.25) is 0 Å². The maximum absolute atomic E-state index is 11.9. The summed E-state index contributed by atoms with van der Waals surface area (Å²) < 4.78 is 0. The Labute approximate surface area is 142 Å². The standard InChI is InChI=1S/C20H23N3O/c1-15-6-8-17(9-7-15)21-13-11-20(24)22-12-10-16-14-23-19-5-3-2-4-18(16)19/h2-9,14,21,23H,10-13H2,1H3,(H,22,24). The Kier molecular flexibility index (Phi) is 5.16. The third-order valence-corrected chi connectivity index (χ3v) is 4.12. The normalized spacial score (nSPS) is 10.7. The van der Waals surface area contributed by atoms with Gasteiger partial charge in [0.05, 0.1) is 0 Å². The molecule has 4 nitrogen and oxygen atoms in total. The van der Waals surface area contributed by atoms with Gasteiger partial charge in [0.2, 0.25) is 5.91 Å². The number of amides is 1. The second kappa shape index (κ2) is 7.68. The molecule has 4 heteroatoms. The molecule has 1 heterocycles. The number of aromatic amines is 1. The molecule has 0 fully saturated rings. The molecule has 0 aliphatic rings. The Morgan fingerprint density at radius 3 is 2.67 bits per heavy atom. The van der Waals surface area contributed by atoms with Gasteiger partial charge >= 0.3 is 0 Å². The molecule has 1 aromatic heterocycles. The van der Waals surface area contributed by atoms with Crippen molar-refractivity contribution >= 4 is 22.5 Å². The number of carbonyl (C=O) groups is 1.